The third-order valence-corrected chi connectivity index (χ3v) is 4.47. The number of carbonyl (C=O) groups excluding carboxylic acids is 1. The lowest BCUT2D eigenvalue weighted by atomic mass is 10.0. The third kappa shape index (κ3) is 4.27. The standard InChI is InChI=1S/C18H13BrClFN2O2/c19-13-3-1-2-12(6-13)18(25-10-24)9-14-8-17(23-22-14)11-4-5-16(21)15(20)7-11/h1-8,10,18H,9H2,(H,22,23). The Morgan fingerprint density at radius 1 is 1.28 bits per heavy atom. The van der Waals surface area contributed by atoms with E-state index < -0.39 is 11.9 Å². The lowest BCUT2D eigenvalue weighted by molar-refractivity contribution is -0.133. The molecule has 0 spiro atoms. The van der Waals surface area contributed by atoms with E-state index in [9.17, 15) is 9.18 Å². The molecular formula is C18H13BrClFN2O2. The van der Waals surface area contributed by atoms with Crippen LogP contribution in [-0.2, 0) is 16.0 Å². The van der Waals surface area contributed by atoms with Crippen molar-refractivity contribution in [3.05, 3.63) is 75.1 Å². The number of nitrogens with zero attached hydrogens (tertiary/aromatic N) is 1. The minimum atomic E-state index is -0.477. The van der Waals surface area contributed by atoms with E-state index in [2.05, 4.69) is 26.1 Å². The van der Waals surface area contributed by atoms with Gasteiger partial charge in [-0.25, -0.2) is 4.39 Å². The number of hydrogen-bond acceptors (Lipinski definition) is 3. The van der Waals surface area contributed by atoms with Gasteiger partial charge < -0.3 is 4.74 Å². The molecule has 128 valence electrons. The maximum absolute atomic E-state index is 13.3. The van der Waals surface area contributed by atoms with Crippen molar-refractivity contribution in [2.45, 2.75) is 12.5 Å². The van der Waals surface area contributed by atoms with Gasteiger partial charge in [-0.15, -0.1) is 0 Å². The Labute approximate surface area is 157 Å². The summed E-state index contributed by atoms with van der Waals surface area (Å²) in [6.45, 7) is 0.433. The van der Waals surface area contributed by atoms with Crippen molar-refractivity contribution < 1.29 is 13.9 Å². The highest BCUT2D eigenvalue weighted by Crippen LogP contribution is 2.27. The summed E-state index contributed by atoms with van der Waals surface area (Å²) in [6, 6.07) is 13.8. The summed E-state index contributed by atoms with van der Waals surface area (Å²) < 4.78 is 19.4. The third-order valence-electron chi connectivity index (χ3n) is 3.69. The van der Waals surface area contributed by atoms with Crippen LogP contribution in [0, 0.1) is 5.82 Å². The number of rotatable bonds is 6. The van der Waals surface area contributed by atoms with Crippen LogP contribution in [0.2, 0.25) is 5.02 Å². The molecule has 0 radical (unpaired) electrons. The van der Waals surface area contributed by atoms with Gasteiger partial charge in [0.2, 0.25) is 0 Å². The molecule has 1 aromatic heterocycles. The zero-order valence-electron chi connectivity index (χ0n) is 12.9. The van der Waals surface area contributed by atoms with E-state index in [0.29, 0.717) is 24.2 Å². The van der Waals surface area contributed by atoms with Gasteiger partial charge in [0.15, 0.2) is 0 Å². The van der Waals surface area contributed by atoms with Crippen LogP contribution in [0.1, 0.15) is 17.4 Å². The fraction of sp³-hybridized carbons (Fsp3) is 0.111. The Bertz CT molecular complexity index is 900. The predicted molar refractivity (Wildman–Crippen MR) is 96.7 cm³/mol. The second-order valence-corrected chi connectivity index (χ2v) is 6.71. The normalized spacial score (nSPS) is 12.0. The number of ether oxygens (including phenoxy) is 1. The first kappa shape index (κ1) is 17.6. The van der Waals surface area contributed by atoms with Crippen LogP contribution in [0.15, 0.2) is 53.0 Å². The summed E-state index contributed by atoms with van der Waals surface area (Å²) in [5.41, 5.74) is 2.98. The van der Waals surface area contributed by atoms with Gasteiger partial charge >= 0.3 is 0 Å². The van der Waals surface area contributed by atoms with Crippen molar-refractivity contribution in [2.75, 3.05) is 0 Å². The molecule has 1 unspecified atom stereocenters. The van der Waals surface area contributed by atoms with Crippen molar-refractivity contribution in [1.29, 1.82) is 0 Å². The molecule has 0 aliphatic carbocycles. The highest BCUT2D eigenvalue weighted by Gasteiger charge is 2.16. The number of carbonyl (C=O) groups is 1. The summed E-state index contributed by atoms with van der Waals surface area (Å²) in [4.78, 5) is 10.8. The minimum Gasteiger partial charge on any atom is -0.459 e. The van der Waals surface area contributed by atoms with E-state index in [1.54, 1.807) is 6.07 Å². The van der Waals surface area contributed by atoms with Gasteiger partial charge in [-0.3, -0.25) is 9.89 Å². The highest BCUT2D eigenvalue weighted by atomic mass is 79.9. The molecule has 4 nitrogen and oxygen atoms in total. The Morgan fingerprint density at radius 3 is 2.84 bits per heavy atom. The zero-order valence-corrected chi connectivity index (χ0v) is 15.2. The molecule has 0 amide bonds. The van der Waals surface area contributed by atoms with Crippen molar-refractivity contribution >= 4 is 34.0 Å². The second-order valence-electron chi connectivity index (χ2n) is 5.39. The molecule has 3 rings (SSSR count). The molecule has 0 fully saturated rings. The van der Waals surface area contributed by atoms with Crippen LogP contribution in [0.4, 0.5) is 4.39 Å². The van der Waals surface area contributed by atoms with Crippen LogP contribution in [-0.4, -0.2) is 16.7 Å². The highest BCUT2D eigenvalue weighted by molar-refractivity contribution is 9.10. The fourth-order valence-electron chi connectivity index (χ4n) is 2.49. The Balaban J connectivity index is 1.83. The van der Waals surface area contributed by atoms with Gasteiger partial charge in [-0.1, -0.05) is 39.7 Å². The van der Waals surface area contributed by atoms with Crippen LogP contribution in [0.3, 0.4) is 0 Å². The number of benzene rings is 2. The van der Waals surface area contributed by atoms with E-state index in [0.717, 1.165) is 15.7 Å². The molecule has 1 N–H and O–H groups in total. The monoisotopic (exact) mass is 422 g/mol. The van der Waals surface area contributed by atoms with Crippen molar-refractivity contribution in [3.8, 4) is 11.3 Å². The zero-order chi connectivity index (χ0) is 17.8. The average Bonchev–Trinajstić information content (AvgIpc) is 3.05. The molecule has 25 heavy (non-hydrogen) atoms. The summed E-state index contributed by atoms with van der Waals surface area (Å²) in [6.07, 6.45) is -0.0166. The van der Waals surface area contributed by atoms with Crippen LogP contribution in [0.25, 0.3) is 11.3 Å². The molecule has 3 aromatic rings. The number of nitrogens with one attached hydrogen (secondary N) is 1. The fourth-order valence-corrected chi connectivity index (χ4v) is 3.09. The maximum atomic E-state index is 13.3. The summed E-state index contributed by atoms with van der Waals surface area (Å²) >= 11 is 9.22. The number of hydrogen-bond donors (Lipinski definition) is 1. The lowest BCUT2D eigenvalue weighted by Gasteiger charge is -2.14. The smallest absolute Gasteiger partial charge is 0.293 e. The Morgan fingerprint density at radius 2 is 2.12 bits per heavy atom. The molecule has 7 heteroatoms. The first-order valence-electron chi connectivity index (χ1n) is 7.41. The topological polar surface area (TPSA) is 55.0 Å². The molecule has 0 saturated carbocycles. The van der Waals surface area contributed by atoms with E-state index in [1.165, 1.54) is 12.1 Å². The van der Waals surface area contributed by atoms with Crippen LogP contribution >= 0.6 is 27.5 Å². The van der Waals surface area contributed by atoms with Gasteiger partial charge in [0.1, 0.15) is 11.9 Å². The number of aromatic amines is 1. The molecule has 2 aromatic carbocycles. The molecule has 0 saturated heterocycles. The quantitative estimate of drug-likeness (QED) is 0.562. The Hall–Kier alpha value is -2.18. The van der Waals surface area contributed by atoms with Gasteiger partial charge in [0.05, 0.1) is 10.7 Å². The molecular weight excluding hydrogens is 411 g/mol. The van der Waals surface area contributed by atoms with Crippen molar-refractivity contribution in [2.24, 2.45) is 0 Å². The van der Waals surface area contributed by atoms with Crippen LogP contribution in [0.5, 0.6) is 0 Å². The van der Waals surface area contributed by atoms with Crippen molar-refractivity contribution in [3.63, 3.8) is 0 Å². The Kier molecular flexibility index (Phi) is 5.50. The lowest BCUT2D eigenvalue weighted by Crippen LogP contribution is -2.07. The van der Waals surface area contributed by atoms with Gasteiger partial charge in [-0.2, -0.15) is 5.10 Å². The molecule has 0 aliphatic heterocycles. The van der Waals surface area contributed by atoms with E-state index in [-0.39, 0.29) is 5.02 Å². The second kappa shape index (κ2) is 7.80. The molecule has 0 aliphatic rings. The number of halogens is 3. The van der Waals surface area contributed by atoms with Crippen LogP contribution < -0.4 is 0 Å². The first-order chi connectivity index (χ1) is 12.1. The molecule has 0 bridgehead atoms. The van der Waals surface area contributed by atoms with E-state index >= 15 is 0 Å². The molecule has 1 atom stereocenters. The van der Waals surface area contributed by atoms with E-state index in [1.807, 2.05) is 30.3 Å². The van der Waals surface area contributed by atoms with Crippen molar-refractivity contribution in [1.82, 2.24) is 10.2 Å². The first-order valence-corrected chi connectivity index (χ1v) is 8.58. The SMILES string of the molecule is O=COC(Cc1cc(-c2ccc(F)c(Cl)c2)n[nH]1)c1cccc(Br)c1. The maximum Gasteiger partial charge on any atom is 0.293 e. The number of aromatic nitrogens is 2. The summed E-state index contributed by atoms with van der Waals surface area (Å²) in [7, 11) is 0. The molecule has 1 heterocycles. The average molecular weight is 424 g/mol. The van der Waals surface area contributed by atoms with Gasteiger partial charge in [-0.05, 0) is 42.0 Å². The predicted octanol–water partition coefficient (Wildman–Crippen LogP) is 5.09. The summed E-state index contributed by atoms with van der Waals surface area (Å²) in [5, 5.41) is 7.18. The summed E-state index contributed by atoms with van der Waals surface area (Å²) in [5.74, 6) is -0.477. The largest absolute Gasteiger partial charge is 0.459 e. The number of H-pyrrole nitrogens is 1. The van der Waals surface area contributed by atoms with Gasteiger partial charge in [0.25, 0.3) is 6.47 Å². The van der Waals surface area contributed by atoms with Gasteiger partial charge in [0, 0.05) is 22.2 Å². The minimum absolute atomic E-state index is 0.0401. The van der Waals surface area contributed by atoms with E-state index in [4.69, 9.17) is 16.3 Å².